The van der Waals surface area contributed by atoms with Crippen molar-refractivity contribution in [1.82, 2.24) is 9.80 Å². The fourth-order valence-corrected chi connectivity index (χ4v) is 5.73. The molecule has 0 spiro atoms. The van der Waals surface area contributed by atoms with Gasteiger partial charge in [-0.05, 0) is 61.8 Å². The lowest BCUT2D eigenvalue weighted by atomic mass is 10.2. The number of aliphatic hydroxyl groups is 3. The summed E-state index contributed by atoms with van der Waals surface area (Å²) in [5.74, 6) is -1.13. The highest BCUT2D eigenvalue weighted by Crippen LogP contribution is 2.29. The summed E-state index contributed by atoms with van der Waals surface area (Å²) in [6, 6.07) is 0. The van der Waals surface area contributed by atoms with Gasteiger partial charge in [-0.15, -0.1) is 0 Å². The second kappa shape index (κ2) is 23.2. The zero-order valence-corrected chi connectivity index (χ0v) is 26.9. The first-order chi connectivity index (χ1) is 17.1. The Labute approximate surface area is 242 Å². The van der Waals surface area contributed by atoms with Crippen LogP contribution in [0, 0.1) is 0 Å². The molecule has 0 fully saturated rings. The Hall–Kier alpha value is -0.700. The van der Waals surface area contributed by atoms with Gasteiger partial charge in [-0.2, -0.15) is 0 Å². The molecule has 0 aromatic heterocycles. The van der Waals surface area contributed by atoms with Crippen molar-refractivity contribution >= 4 is 68.5 Å². The smallest absolute Gasteiger partial charge is 0.322 e. The molecule has 0 rings (SSSR count). The number of thioether (sulfide) groups is 2. The number of esters is 1. The molecule has 0 aromatic carbocycles. The van der Waals surface area contributed by atoms with Crippen LogP contribution in [0.1, 0.15) is 68.2 Å². The number of aliphatic carboxylic acids is 1. The van der Waals surface area contributed by atoms with Gasteiger partial charge in [-0.1, -0.05) is 48.0 Å². The maximum absolute atomic E-state index is 11.9. The molecule has 0 saturated carbocycles. The van der Waals surface area contributed by atoms with Gasteiger partial charge in [0, 0.05) is 52.4 Å². The number of rotatable bonds is 13. The number of nitrogens with zero attached hydrogens (tertiary/aromatic N) is 2. The number of carbonyl (C=O) groups excluding carboxylic acids is 1. The fraction of sp³-hybridized carbons (Fsp3) is 0.833. The van der Waals surface area contributed by atoms with E-state index >= 15 is 0 Å². The molecule has 0 aliphatic carbocycles. The highest BCUT2D eigenvalue weighted by molar-refractivity contribution is 8.24. The molecule has 0 bridgehead atoms. The van der Waals surface area contributed by atoms with E-state index in [0.717, 1.165) is 26.2 Å². The summed E-state index contributed by atoms with van der Waals surface area (Å²) in [5.41, 5.74) is 0. The van der Waals surface area contributed by atoms with E-state index in [9.17, 15) is 9.59 Å². The van der Waals surface area contributed by atoms with Gasteiger partial charge < -0.3 is 35.0 Å². The number of hydrogen-bond donors (Lipinski definition) is 4. The number of carboxylic acid groups (broad SMARTS) is 1. The molecule has 13 heteroatoms. The highest BCUT2D eigenvalue weighted by Gasteiger charge is 2.33. The van der Waals surface area contributed by atoms with Gasteiger partial charge >= 0.3 is 11.9 Å². The second-order valence-corrected chi connectivity index (χ2v) is 12.9. The molecule has 0 atom stereocenters. The third-order valence-electron chi connectivity index (χ3n) is 4.59. The molecule has 0 radical (unpaired) electrons. The molecule has 0 heterocycles. The Morgan fingerprint density at radius 3 is 1.35 bits per heavy atom. The number of carbonyl (C=O) groups is 2. The molecule has 220 valence electrons. The second-order valence-electron chi connectivity index (χ2n) is 8.42. The summed E-state index contributed by atoms with van der Waals surface area (Å²) in [5, 5.41) is 33.4. The summed E-state index contributed by atoms with van der Waals surface area (Å²) < 4.78 is 4.92. The molecule has 0 unspecified atom stereocenters. The minimum atomic E-state index is -0.848. The predicted octanol–water partition coefficient (Wildman–Crippen LogP) is 3.62. The van der Waals surface area contributed by atoms with Gasteiger partial charge in [-0.25, -0.2) is 0 Å². The quantitative estimate of drug-likeness (QED) is 0.139. The average molecular weight is 605 g/mol. The van der Waals surface area contributed by atoms with Crippen molar-refractivity contribution in [3.63, 3.8) is 0 Å². The molecular formula is C24H48N2O7S4. The largest absolute Gasteiger partial charge is 0.480 e. The Kier molecular flexibility index (Phi) is 25.6. The SMILES string of the molecule is CCN(CC)C(=S)SC(C)(C)C(=O)O.CCN(CC)C(=S)SC(C)(C)C(=O)OCCCO.OCCCO. The zero-order valence-electron chi connectivity index (χ0n) is 23.6. The molecule has 9 nitrogen and oxygen atoms in total. The number of ether oxygens (including phenoxy) is 1. The van der Waals surface area contributed by atoms with Crippen molar-refractivity contribution in [3.05, 3.63) is 0 Å². The van der Waals surface area contributed by atoms with Gasteiger partial charge in [0.15, 0.2) is 0 Å². The van der Waals surface area contributed by atoms with E-state index in [1.165, 1.54) is 23.5 Å². The van der Waals surface area contributed by atoms with Crippen molar-refractivity contribution in [2.45, 2.75) is 77.7 Å². The number of aliphatic hydroxyl groups excluding tert-OH is 3. The van der Waals surface area contributed by atoms with Crippen LogP contribution in [0.5, 0.6) is 0 Å². The van der Waals surface area contributed by atoms with Gasteiger partial charge in [0.25, 0.3) is 0 Å². The van der Waals surface area contributed by atoms with Crippen LogP contribution in [0.2, 0.25) is 0 Å². The normalized spacial score (nSPS) is 10.8. The molecule has 37 heavy (non-hydrogen) atoms. The lowest BCUT2D eigenvalue weighted by Gasteiger charge is -2.27. The van der Waals surface area contributed by atoms with E-state index < -0.39 is 15.5 Å². The van der Waals surface area contributed by atoms with Crippen LogP contribution < -0.4 is 0 Å². The van der Waals surface area contributed by atoms with E-state index in [0.29, 0.717) is 21.5 Å². The van der Waals surface area contributed by atoms with Crippen LogP contribution in [0.15, 0.2) is 0 Å². The van der Waals surface area contributed by atoms with Crippen LogP contribution in [0.4, 0.5) is 0 Å². The Bertz CT molecular complexity index is 655. The fourth-order valence-electron chi connectivity index (χ4n) is 2.09. The third-order valence-corrected chi connectivity index (χ3v) is 7.83. The summed E-state index contributed by atoms with van der Waals surface area (Å²) in [6.07, 6.45) is 0.965. The maximum Gasteiger partial charge on any atom is 0.322 e. The van der Waals surface area contributed by atoms with Gasteiger partial charge in [0.05, 0.1) is 6.61 Å². The van der Waals surface area contributed by atoms with Crippen molar-refractivity contribution in [3.8, 4) is 0 Å². The van der Waals surface area contributed by atoms with Gasteiger partial charge in [-0.3, -0.25) is 9.59 Å². The zero-order chi connectivity index (χ0) is 29.7. The van der Waals surface area contributed by atoms with Crippen LogP contribution >= 0.6 is 48.0 Å². The highest BCUT2D eigenvalue weighted by atomic mass is 32.2. The minimum absolute atomic E-state index is 0.0265. The van der Waals surface area contributed by atoms with E-state index in [4.69, 9.17) is 49.6 Å². The number of carboxylic acids is 1. The Morgan fingerprint density at radius 2 is 1.08 bits per heavy atom. The Balaban J connectivity index is -0.000000539. The topological polar surface area (TPSA) is 131 Å². The summed E-state index contributed by atoms with van der Waals surface area (Å²) in [7, 11) is 0. The summed E-state index contributed by atoms with van der Waals surface area (Å²) in [4.78, 5) is 26.7. The molecule has 0 aromatic rings. The standard InChI is InChI=1S/C12H23NO3S2.C9H17NO2S2.C3H8O2/c1-5-13(6-2)11(17)18-12(3,4)10(15)16-9-7-8-14;1-5-10(6-2)8(13)14-9(3,4)7(11)12;4-2-1-3-5/h14H,5-9H2,1-4H3;5-6H2,1-4H3,(H,11,12);4-5H,1-3H2. The third kappa shape index (κ3) is 19.9. The lowest BCUT2D eigenvalue weighted by Crippen LogP contribution is -2.36. The van der Waals surface area contributed by atoms with Crippen molar-refractivity contribution < 1.29 is 34.8 Å². The Morgan fingerprint density at radius 1 is 0.730 bits per heavy atom. The minimum Gasteiger partial charge on any atom is -0.480 e. The van der Waals surface area contributed by atoms with E-state index in [-0.39, 0.29) is 32.4 Å². The number of hydrogen-bond acceptors (Lipinski definition) is 10. The van der Waals surface area contributed by atoms with Crippen LogP contribution in [-0.2, 0) is 14.3 Å². The maximum atomic E-state index is 11.9. The molecule has 0 amide bonds. The monoisotopic (exact) mass is 604 g/mol. The first-order valence-corrected chi connectivity index (χ1v) is 14.8. The van der Waals surface area contributed by atoms with Crippen LogP contribution in [-0.4, -0.2) is 113 Å². The van der Waals surface area contributed by atoms with Crippen molar-refractivity contribution in [1.29, 1.82) is 0 Å². The molecular weight excluding hydrogens is 557 g/mol. The first kappa shape index (κ1) is 40.8. The molecule has 0 aliphatic heterocycles. The van der Waals surface area contributed by atoms with Gasteiger partial charge in [0.2, 0.25) is 0 Å². The molecule has 0 aliphatic rings. The van der Waals surface area contributed by atoms with E-state index in [1.54, 1.807) is 27.7 Å². The van der Waals surface area contributed by atoms with Crippen LogP contribution in [0.25, 0.3) is 0 Å². The molecule has 0 saturated heterocycles. The van der Waals surface area contributed by atoms with E-state index in [2.05, 4.69) is 0 Å². The van der Waals surface area contributed by atoms with Gasteiger partial charge in [0.1, 0.15) is 18.1 Å². The van der Waals surface area contributed by atoms with Crippen molar-refractivity contribution in [2.24, 2.45) is 0 Å². The lowest BCUT2D eigenvalue weighted by molar-refractivity contribution is -0.146. The average Bonchev–Trinajstić information content (AvgIpc) is 2.81. The predicted molar refractivity (Wildman–Crippen MR) is 163 cm³/mol. The molecule has 4 N–H and O–H groups in total. The van der Waals surface area contributed by atoms with Crippen LogP contribution in [0.3, 0.4) is 0 Å². The first-order valence-electron chi connectivity index (χ1n) is 12.3. The van der Waals surface area contributed by atoms with E-state index in [1.807, 2.05) is 37.5 Å². The summed E-state index contributed by atoms with van der Waals surface area (Å²) >= 11 is 13.1. The van der Waals surface area contributed by atoms with Crippen molar-refractivity contribution in [2.75, 3.05) is 52.6 Å². The number of thiocarbonyl (C=S) groups is 2. The summed E-state index contributed by atoms with van der Waals surface area (Å²) in [6.45, 7) is 18.8.